The Morgan fingerprint density at radius 3 is 2.67 bits per heavy atom. The molecular formula is C15H10ClN5O3. The number of hydrogen-bond acceptors (Lipinski definition) is 5. The molecule has 3 rings (SSSR count). The van der Waals surface area contributed by atoms with E-state index in [4.69, 9.17) is 11.6 Å². The summed E-state index contributed by atoms with van der Waals surface area (Å²) in [6.07, 6.45) is 1.31. The van der Waals surface area contributed by atoms with Crippen LogP contribution in [0.1, 0.15) is 10.5 Å². The zero-order valence-corrected chi connectivity index (χ0v) is 12.8. The van der Waals surface area contributed by atoms with Gasteiger partial charge in [-0.05, 0) is 24.3 Å². The zero-order chi connectivity index (χ0) is 17.1. The first-order chi connectivity index (χ1) is 11.5. The van der Waals surface area contributed by atoms with Gasteiger partial charge < -0.3 is 5.32 Å². The van der Waals surface area contributed by atoms with E-state index >= 15 is 0 Å². The van der Waals surface area contributed by atoms with E-state index in [1.165, 1.54) is 29.2 Å². The van der Waals surface area contributed by atoms with Crippen LogP contribution in [0.15, 0.2) is 54.7 Å². The van der Waals surface area contributed by atoms with Gasteiger partial charge >= 0.3 is 0 Å². The van der Waals surface area contributed by atoms with Crippen LogP contribution in [0.4, 0.5) is 11.4 Å². The molecule has 1 N–H and O–H groups in total. The molecule has 24 heavy (non-hydrogen) atoms. The number of nitrogens with zero attached hydrogens (tertiary/aromatic N) is 4. The van der Waals surface area contributed by atoms with Gasteiger partial charge in [-0.25, -0.2) is 0 Å². The van der Waals surface area contributed by atoms with Crippen molar-refractivity contribution < 1.29 is 9.72 Å². The molecule has 2 aromatic carbocycles. The molecule has 1 aromatic heterocycles. The van der Waals surface area contributed by atoms with Crippen LogP contribution in [0, 0.1) is 10.1 Å². The standard InChI is InChI=1S/C15H10ClN5O3/c16-12-7-6-10(8-14(12)21(23)24)18-15(22)13-9-17-20(19-13)11-4-2-1-3-5-11/h1-9H,(H,18,22). The van der Waals surface area contributed by atoms with Crippen molar-refractivity contribution in [1.82, 2.24) is 15.0 Å². The molecule has 0 radical (unpaired) electrons. The van der Waals surface area contributed by atoms with Crippen LogP contribution in [-0.4, -0.2) is 25.8 Å². The number of anilines is 1. The number of hydrogen-bond donors (Lipinski definition) is 1. The molecule has 1 amide bonds. The normalized spacial score (nSPS) is 10.4. The summed E-state index contributed by atoms with van der Waals surface area (Å²) in [5, 5.41) is 21.5. The monoisotopic (exact) mass is 343 g/mol. The molecule has 0 fully saturated rings. The Bertz CT molecular complexity index is 910. The Balaban J connectivity index is 1.80. The van der Waals surface area contributed by atoms with E-state index in [0.29, 0.717) is 5.69 Å². The van der Waals surface area contributed by atoms with E-state index in [9.17, 15) is 14.9 Å². The zero-order valence-electron chi connectivity index (χ0n) is 12.1. The summed E-state index contributed by atoms with van der Waals surface area (Å²) in [6, 6.07) is 13.1. The highest BCUT2D eigenvalue weighted by atomic mass is 35.5. The smallest absolute Gasteiger partial charge is 0.289 e. The number of para-hydroxylation sites is 1. The maximum Gasteiger partial charge on any atom is 0.289 e. The van der Waals surface area contributed by atoms with Gasteiger partial charge in [-0.2, -0.15) is 9.90 Å². The molecule has 8 nitrogen and oxygen atoms in total. The summed E-state index contributed by atoms with van der Waals surface area (Å²) in [5.41, 5.74) is 0.739. The van der Waals surface area contributed by atoms with Crippen LogP contribution < -0.4 is 5.32 Å². The minimum absolute atomic E-state index is 0.00646. The molecule has 0 unspecified atom stereocenters. The summed E-state index contributed by atoms with van der Waals surface area (Å²) in [4.78, 5) is 23.8. The van der Waals surface area contributed by atoms with Crippen LogP contribution in [0.5, 0.6) is 0 Å². The Morgan fingerprint density at radius 2 is 1.96 bits per heavy atom. The second-order valence-corrected chi connectivity index (χ2v) is 5.14. The number of aromatic nitrogens is 3. The van der Waals surface area contributed by atoms with Gasteiger partial charge in [0, 0.05) is 11.8 Å². The topological polar surface area (TPSA) is 103 Å². The Morgan fingerprint density at radius 1 is 1.21 bits per heavy atom. The minimum atomic E-state index is -0.621. The number of rotatable bonds is 4. The van der Waals surface area contributed by atoms with Gasteiger partial charge in [-0.1, -0.05) is 29.8 Å². The lowest BCUT2D eigenvalue weighted by atomic mass is 10.2. The van der Waals surface area contributed by atoms with Gasteiger partial charge in [0.25, 0.3) is 11.6 Å². The SMILES string of the molecule is O=C(Nc1ccc(Cl)c([N+](=O)[O-])c1)c1cnn(-c2ccccc2)n1. The number of benzene rings is 2. The summed E-state index contributed by atoms with van der Waals surface area (Å²) in [5.74, 6) is -0.534. The van der Waals surface area contributed by atoms with Gasteiger partial charge in [0.05, 0.1) is 16.8 Å². The fourth-order valence-electron chi connectivity index (χ4n) is 1.98. The van der Waals surface area contributed by atoms with Gasteiger partial charge in [0.15, 0.2) is 5.69 Å². The van der Waals surface area contributed by atoms with Crippen molar-refractivity contribution in [2.75, 3.05) is 5.32 Å². The average molecular weight is 344 g/mol. The molecule has 1 heterocycles. The van der Waals surface area contributed by atoms with Crippen molar-refractivity contribution >= 4 is 28.9 Å². The lowest BCUT2D eigenvalue weighted by Crippen LogP contribution is -2.13. The van der Waals surface area contributed by atoms with Crippen molar-refractivity contribution in [1.29, 1.82) is 0 Å². The summed E-state index contributed by atoms with van der Waals surface area (Å²) < 4.78 is 0. The van der Waals surface area contributed by atoms with Crippen molar-refractivity contribution in [2.45, 2.75) is 0 Å². The van der Waals surface area contributed by atoms with Gasteiger partial charge in [-0.3, -0.25) is 14.9 Å². The van der Waals surface area contributed by atoms with Crippen LogP contribution in [-0.2, 0) is 0 Å². The second kappa shape index (κ2) is 6.47. The molecule has 0 spiro atoms. The molecule has 0 saturated heterocycles. The van der Waals surface area contributed by atoms with E-state index in [2.05, 4.69) is 15.5 Å². The largest absolute Gasteiger partial charge is 0.320 e. The molecule has 0 bridgehead atoms. The number of amides is 1. The highest BCUT2D eigenvalue weighted by molar-refractivity contribution is 6.32. The molecule has 0 saturated carbocycles. The van der Waals surface area contributed by atoms with Crippen LogP contribution in [0.25, 0.3) is 5.69 Å². The summed E-state index contributed by atoms with van der Waals surface area (Å²) >= 11 is 5.74. The third-order valence-corrected chi connectivity index (χ3v) is 3.43. The minimum Gasteiger partial charge on any atom is -0.320 e. The molecular weight excluding hydrogens is 334 g/mol. The van der Waals surface area contributed by atoms with E-state index < -0.39 is 10.8 Å². The molecule has 3 aromatic rings. The number of nitro benzene ring substituents is 1. The summed E-state index contributed by atoms with van der Waals surface area (Å²) in [7, 11) is 0. The number of carbonyl (C=O) groups excluding carboxylic acids is 1. The first-order valence-corrected chi connectivity index (χ1v) is 7.15. The first kappa shape index (κ1) is 15.6. The van der Waals surface area contributed by atoms with Crippen LogP contribution in [0.2, 0.25) is 5.02 Å². The third-order valence-electron chi connectivity index (χ3n) is 3.11. The van der Waals surface area contributed by atoms with Gasteiger partial charge in [0.1, 0.15) is 5.02 Å². The Hall–Kier alpha value is -3.26. The number of halogens is 1. The van der Waals surface area contributed by atoms with Gasteiger partial charge in [-0.15, -0.1) is 5.10 Å². The highest BCUT2D eigenvalue weighted by Gasteiger charge is 2.16. The van der Waals surface area contributed by atoms with Crippen molar-refractivity contribution in [3.05, 3.63) is 75.6 Å². The molecule has 0 aliphatic rings. The van der Waals surface area contributed by atoms with Crippen LogP contribution in [0.3, 0.4) is 0 Å². The number of nitro groups is 1. The fraction of sp³-hybridized carbons (Fsp3) is 0. The summed E-state index contributed by atoms with van der Waals surface area (Å²) in [6.45, 7) is 0. The fourth-order valence-corrected chi connectivity index (χ4v) is 2.16. The average Bonchev–Trinajstić information content (AvgIpc) is 3.07. The predicted molar refractivity (Wildman–Crippen MR) is 87.4 cm³/mol. The number of carbonyl (C=O) groups is 1. The maximum atomic E-state index is 12.2. The third kappa shape index (κ3) is 3.23. The van der Waals surface area contributed by atoms with E-state index in [1.54, 1.807) is 12.1 Å². The van der Waals surface area contributed by atoms with Gasteiger partial charge in [0.2, 0.25) is 0 Å². The quantitative estimate of drug-likeness (QED) is 0.579. The van der Waals surface area contributed by atoms with E-state index in [-0.39, 0.29) is 22.1 Å². The highest BCUT2D eigenvalue weighted by Crippen LogP contribution is 2.27. The molecule has 0 aliphatic heterocycles. The van der Waals surface area contributed by atoms with E-state index in [1.807, 2.05) is 18.2 Å². The van der Waals surface area contributed by atoms with Crippen molar-refractivity contribution in [3.63, 3.8) is 0 Å². The Kier molecular flexibility index (Phi) is 4.21. The second-order valence-electron chi connectivity index (χ2n) is 4.73. The Labute approximate surface area is 140 Å². The van der Waals surface area contributed by atoms with Crippen LogP contribution >= 0.6 is 11.6 Å². The predicted octanol–water partition coefficient (Wildman–Crippen LogP) is 3.08. The number of nitrogens with one attached hydrogen (secondary N) is 1. The lowest BCUT2D eigenvalue weighted by molar-refractivity contribution is -0.384. The van der Waals surface area contributed by atoms with Crippen molar-refractivity contribution in [2.24, 2.45) is 0 Å². The molecule has 9 heteroatoms. The maximum absolute atomic E-state index is 12.2. The van der Waals surface area contributed by atoms with Crippen molar-refractivity contribution in [3.8, 4) is 5.69 Å². The molecule has 0 aliphatic carbocycles. The lowest BCUT2D eigenvalue weighted by Gasteiger charge is -2.03. The van der Waals surface area contributed by atoms with E-state index in [0.717, 1.165) is 0 Å². The molecule has 120 valence electrons. The molecule has 0 atom stereocenters. The first-order valence-electron chi connectivity index (χ1n) is 6.77.